The molecule has 0 aliphatic heterocycles. The largest absolute Gasteiger partial charge is 1.00 e. The maximum Gasteiger partial charge on any atom is 1.00 e. The number of rotatable bonds is 2. The second kappa shape index (κ2) is 9.01. The molecule has 0 atom stereocenters. The molecule has 1 aromatic rings. The zero-order valence-corrected chi connectivity index (χ0v) is 17.7. The minimum Gasteiger partial charge on any atom is -0.870 e. The van der Waals surface area contributed by atoms with Crippen molar-refractivity contribution in [2.45, 2.75) is 71.3 Å². The molecule has 122 valence electrons. The van der Waals surface area contributed by atoms with Crippen LogP contribution < -0.4 is 56.7 Å². The molecule has 3 rings (SSSR count). The number of carbonyl (C=O) groups excluding carboxylic acids is 1. The topological polar surface area (TPSA) is 84.9 Å². The van der Waals surface area contributed by atoms with Crippen LogP contribution in [0.15, 0.2) is 6.20 Å². The summed E-state index contributed by atoms with van der Waals surface area (Å²) >= 11 is 0. The predicted octanol–water partition coefficient (Wildman–Crippen LogP) is -0.119. The Morgan fingerprint density at radius 2 is 1.78 bits per heavy atom. The van der Waals surface area contributed by atoms with Crippen LogP contribution in [0.25, 0.3) is 0 Å². The summed E-state index contributed by atoms with van der Waals surface area (Å²) in [5.41, 5.74) is 3.02. The third-order valence-corrected chi connectivity index (χ3v) is 4.92. The van der Waals surface area contributed by atoms with E-state index in [4.69, 9.17) is 0 Å². The zero-order chi connectivity index (χ0) is 14.9. The quantitative estimate of drug-likeness (QED) is 0.759. The monoisotopic (exact) mass is 343 g/mol. The molecule has 0 aromatic carbocycles. The number of nitrogens with one attached hydrogen (secondary N) is 1. The van der Waals surface area contributed by atoms with Gasteiger partial charge in [-0.25, -0.2) is 4.98 Å². The van der Waals surface area contributed by atoms with E-state index in [0.29, 0.717) is 17.2 Å². The molecule has 1 fully saturated rings. The summed E-state index contributed by atoms with van der Waals surface area (Å²) in [4.78, 5) is 21.3. The SMILES string of the molecule is CC1(C)CCC(NC(=O)c2cnc3c(n2)CCCC3)CC1.[K+].[OH-]. The summed E-state index contributed by atoms with van der Waals surface area (Å²) in [5.74, 6) is -0.0550. The molecule has 1 saturated carbocycles. The fourth-order valence-corrected chi connectivity index (χ4v) is 3.36. The smallest absolute Gasteiger partial charge is 0.870 e. The van der Waals surface area contributed by atoms with Gasteiger partial charge in [0.05, 0.1) is 17.6 Å². The van der Waals surface area contributed by atoms with Gasteiger partial charge in [0.25, 0.3) is 5.91 Å². The summed E-state index contributed by atoms with van der Waals surface area (Å²) in [7, 11) is 0. The summed E-state index contributed by atoms with van der Waals surface area (Å²) in [6.45, 7) is 4.61. The molecule has 2 aliphatic carbocycles. The van der Waals surface area contributed by atoms with Gasteiger partial charge in [0.15, 0.2) is 0 Å². The normalized spacial score (nSPS) is 19.7. The van der Waals surface area contributed by atoms with E-state index in [1.807, 2.05) is 0 Å². The van der Waals surface area contributed by atoms with E-state index < -0.39 is 0 Å². The average molecular weight is 344 g/mol. The molecule has 0 unspecified atom stereocenters. The van der Waals surface area contributed by atoms with Crippen molar-refractivity contribution < 1.29 is 61.7 Å². The van der Waals surface area contributed by atoms with Crippen molar-refractivity contribution in [3.63, 3.8) is 0 Å². The van der Waals surface area contributed by atoms with Crippen molar-refractivity contribution in [1.82, 2.24) is 15.3 Å². The van der Waals surface area contributed by atoms with Gasteiger partial charge in [-0.2, -0.15) is 0 Å². The first-order valence-corrected chi connectivity index (χ1v) is 8.19. The van der Waals surface area contributed by atoms with Gasteiger partial charge in [-0.3, -0.25) is 9.78 Å². The second-order valence-electron chi connectivity index (χ2n) is 7.27. The molecule has 0 spiro atoms. The van der Waals surface area contributed by atoms with Gasteiger partial charge in [-0.15, -0.1) is 0 Å². The standard InChI is InChI=1S/C17H25N3O.K.H2O/c1-17(2)9-7-12(8-10-17)19-16(21)15-11-18-13-5-3-4-6-14(13)20-15;;/h11-12H,3-10H2,1-2H3,(H,19,21);;1H2/q;+1;/p-1. The maximum atomic E-state index is 12.3. The van der Waals surface area contributed by atoms with E-state index in [0.717, 1.165) is 43.5 Å². The van der Waals surface area contributed by atoms with Gasteiger partial charge in [-0.1, -0.05) is 13.8 Å². The fraction of sp³-hybridized carbons (Fsp3) is 0.706. The summed E-state index contributed by atoms with van der Waals surface area (Å²) < 4.78 is 0. The van der Waals surface area contributed by atoms with Crippen LogP contribution in [0.1, 0.15) is 74.2 Å². The Morgan fingerprint density at radius 3 is 2.43 bits per heavy atom. The molecule has 1 heterocycles. The molecule has 5 nitrogen and oxygen atoms in total. The van der Waals surface area contributed by atoms with Crippen LogP contribution in [0.3, 0.4) is 0 Å². The molecule has 1 amide bonds. The molecule has 2 N–H and O–H groups in total. The molecule has 0 saturated heterocycles. The Kier molecular flexibility index (Phi) is 8.30. The van der Waals surface area contributed by atoms with E-state index in [1.54, 1.807) is 6.20 Å². The van der Waals surface area contributed by atoms with Gasteiger partial charge in [0.1, 0.15) is 5.69 Å². The molecule has 1 aromatic heterocycles. The first-order chi connectivity index (χ1) is 10.0. The molecule has 2 aliphatic rings. The first kappa shape index (κ1) is 21.2. The summed E-state index contributed by atoms with van der Waals surface area (Å²) in [6, 6.07) is 0.295. The second-order valence-corrected chi connectivity index (χ2v) is 7.27. The Bertz CT molecular complexity index is 539. The summed E-state index contributed by atoms with van der Waals surface area (Å²) in [6.07, 6.45) is 10.4. The average Bonchev–Trinajstić information content (AvgIpc) is 2.49. The van der Waals surface area contributed by atoms with Crippen molar-refractivity contribution >= 4 is 5.91 Å². The third-order valence-electron chi connectivity index (χ3n) is 4.92. The Labute approximate surface area is 181 Å². The zero-order valence-electron chi connectivity index (χ0n) is 14.6. The number of amides is 1. The number of hydrogen-bond donors (Lipinski definition) is 1. The van der Waals surface area contributed by atoms with Crippen LogP contribution in [0.4, 0.5) is 0 Å². The summed E-state index contributed by atoms with van der Waals surface area (Å²) in [5, 5.41) is 3.14. The Morgan fingerprint density at radius 1 is 1.17 bits per heavy atom. The van der Waals surface area contributed by atoms with Crippen molar-refractivity contribution in [1.29, 1.82) is 0 Å². The molecule has 0 bridgehead atoms. The van der Waals surface area contributed by atoms with E-state index in [-0.39, 0.29) is 62.8 Å². The van der Waals surface area contributed by atoms with Crippen LogP contribution in [0.2, 0.25) is 0 Å². The van der Waals surface area contributed by atoms with Gasteiger partial charge in [0, 0.05) is 6.04 Å². The molecule has 0 radical (unpaired) electrons. The minimum absolute atomic E-state index is 0. The van der Waals surface area contributed by atoms with Crippen molar-refractivity contribution in [3.05, 3.63) is 23.3 Å². The molecular formula is C17H26KN3O2. The number of aromatic nitrogens is 2. The van der Waals surface area contributed by atoms with Crippen LogP contribution in [0.5, 0.6) is 0 Å². The van der Waals surface area contributed by atoms with E-state index in [1.165, 1.54) is 19.3 Å². The van der Waals surface area contributed by atoms with Crippen LogP contribution >= 0.6 is 0 Å². The van der Waals surface area contributed by atoms with Crippen LogP contribution in [0, 0.1) is 5.41 Å². The van der Waals surface area contributed by atoms with Gasteiger partial charge >= 0.3 is 51.4 Å². The number of aryl methyl sites for hydroxylation is 2. The number of fused-ring (bicyclic) bond motifs is 1. The first-order valence-electron chi connectivity index (χ1n) is 8.19. The number of hydrogen-bond acceptors (Lipinski definition) is 4. The van der Waals surface area contributed by atoms with Crippen molar-refractivity contribution in [2.24, 2.45) is 5.41 Å². The molecule has 6 heteroatoms. The third kappa shape index (κ3) is 5.58. The van der Waals surface area contributed by atoms with E-state index >= 15 is 0 Å². The predicted molar refractivity (Wildman–Crippen MR) is 84.1 cm³/mol. The maximum absolute atomic E-state index is 12.3. The Balaban J connectivity index is 0.00000132. The fourth-order valence-electron chi connectivity index (χ4n) is 3.36. The van der Waals surface area contributed by atoms with Gasteiger partial charge in [0.2, 0.25) is 0 Å². The molecular weight excluding hydrogens is 317 g/mol. The van der Waals surface area contributed by atoms with Crippen LogP contribution in [-0.4, -0.2) is 27.4 Å². The Hall–Kier alpha value is 0.146. The number of nitrogens with zero attached hydrogens (tertiary/aromatic N) is 2. The van der Waals surface area contributed by atoms with Gasteiger partial charge in [-0.05, 0) is 56.8 Å². The van der Waals surface area contributed by atoms with Crippen LogP contribution in [-0.2, 0) is 12.8 Å². The minimum atomic E-state index is -0.0550. The van der Waals surface area contributed by atoms with Crippen molar-refractivity contribution in [3.8, 4) is 0 Å². The van der Waals surface area contributed by atoms with E-state index in [9.17, 15) is 4.79 Å². The molecule has 23 heavy (non-hydrogen) atoms. The number of carbonyl (C=O) groups is 1. The van der Waals surface area contributed by atoms with E-state index in [2.05, 4.69) is 29.1 Å². The van der Waals surface area contributed by atoms with Gasteiger partial charge < -0.3 is 10.8 Å². The van der Waals surface area contributed by atoms with Crippen molar-refractivity contribution in [2.75, 3.05) is 0 Å².